The van der Waals surface area contributed by atoms with Gasteiger partial charge in [0.25, 0.3) is 0 Å². The second kappa shape index (κ2) is 4.19. The number of hydrogen-bond donors (Lipinski definition) is 1. The summed E-state index contributed by atoms with van der Waals surface area (Å²) in [6.45, 7) is 3.03. The van der Waals surface area contributed by atoms with Crippen LogP contribution >= 0.6 is 0 Å². The molecule has 0 bridgehead atoms. The van der Waals surface area contributed by atoms with Crippen molar-refractivity contribution in [3.05, 3.63) is 34.6 Å². The SMILES string of the molecule is CCc1c(CNC)oc2cc3c(cc12)CCC3. The molecular weight excluding hydrogens is 210 g/mol. The molecule has 0 fully saturated rings. The maximum atomic E-state index is 5.99. The fourth-order valence-corrected chi connectivity index (χ4v) is 2.96. The Morgan fingerprint density at radius 2 is 2.00 bits per heavy atom. The van der Waals surface area contributed by atoms with E-state index in [2.05, 4.69) is 24.4 Å². The molecule has 0 spiro atoms. The van der Waals surface area contributed by atoms with Crippen molar-refractivity contribution in [1.82, 2.24) is 5.32 Å². The van der Waals surface area contributed by atoms with Crippen molar-refractivity contribution in [3.8, 4) is 0 Å². The molecule has 2 aromatic rings. The maximum Gasteiger partial charge on any atom is 0.134 e. The van der Waals surface area contributed by atoms with Gasteiger partial charge in [-0.2, -0.15) is 0 Å². The first-order valence-electron chi connectivity index (χ1n) is 6.54. The summed E-state index contributed by atoms with van der Waals surface area (Å²) in [4.78, 5) is 0. The fraction of sp³-hybridized carbons (Fsp3) is 0.467. The quantitative estimate of drug-likeness (QED) is 0.874. The van der Waals surface area contributed by atoms with E-state index in [1.165, 1.54) is 41.3 Å². The van der Waals surface area contributed by atoms with E-state index in [9.17, 15) is 0 Å². The van der Waals surface area contributed by atoms with Crippen molar-refractivity contribution >= 4 is 11.0 Å². The van der Waals surface area contributed by atoms with Crippen LogP contribution < -0.4 is 5.32 Å². The molecule has 0 atom stereocenters. The lowest BCUT2D eigenvalue weighted by molar-refractivity contribution is 0.524. The molecule has 1 aromatic carbocycles. The molecule has 0 radical (unpaired) electrons. The molecule has 0 saturated carbocycles. The summed E-state index contributed by atoms with van der Waals surface area (Å²) in [5.74, 6) is 1.11. The molecule has 1 heterocycles. The molecule has 1 aromatic heterocycles. The molecule has 1 aliphatic rings. The highest BCUT2D eigenvalue weighted by atomic mass is 16.3. The van der Waals surface area contributed by atoms with E-state index in [1.54, 1.807) is 0 Å². The highest BCUT2D eigenvalue weighted by molar-refractivity contribution is 5.84. The molecule has 0 amide bonds. The number of furan rings is 1. The summed E-state index contributed by atoms with van der Waals surface area (Å²) in [6.07, 6.45) is 4.80. The van der Waals surface area contributed by atoms with Gasteiger partial charge in [0.05, 0.1) is 6.54 Å². The molecule has 0 aliphatic heterocycles. The summed E-state index contributed by atoms with van der Waals surface area (Å²) in [7, 11) is 1.96. The molecule has 1 N–H and O–H groups in total. The Morgan fingerprint density at radius 1 is 1.24 bits per heavy atom. The normalized spacial score (nSPS) is 14.5. The summed E-state index contributed by atoms with van der Waals surface area (Å²) in [5, 5.41) is 4.51. The Bertz CT molecular complexity index is 554. The second-order valence-corrected chi connectivity index (χ2v) is 4.86. The van der Waals surface area contributed by atoms with Gasteiger partial charge in [-0.25, -0.2) is 0 Å². The minimum Gasteiger partial charge on any atom is -0.459 e. The van der Waals surface area contributed by atoms with Gasteiger partial charge in [-0.1, -0.05) is 6.92 Å². The average molecular weight is 229 g/mol. The summed E-state index contributed by atoms with van der Waals surface area (Å²) in [5.41, 5.74) is 5.48. The molecule has 1 aliphatic carbocycles. The lowest BCUT2D eigenvalue weighted by Gasteiger charge is -2.00. The van der Waals surface area contributed by atoms with Gasteiger partial charge in [0.1, 0.15) is 11.3 Å². The number of benzene rings is 1. The third-order valence-corrected chi connectivity index (χ3v) is 3.78. The zero-order chi connectivity index (χ0) is 11.8. The third-order valence-electron chi connectivity index (χ3n) is 3.78. The first kappa shape index (κ1) is 10.8. The molecular formula is C15H19NO. The van der Waals surface area contributed by atoms with Crippen molar-refractivity contribution in [2.75, 3.05) is 7.05 Å². The number of nitrogens with one attached hydrogen (secondary N) is 1. The Morgan fingerprint density at radius 3 is 2.71 bits per heavy atom. The first-order chi connectivity index (χ1) is 8.33. The average Bonchev–Trinajstić information content (AvgIpc) is 2.89. The molecule has 0 unspecified atom stereocenters. The van der Waals surface area contributed by atoms with Crippen LogP contribution in [-0.4, -0.2) is 7.05 Å². The fourth-order valence-electron chi connectivity index (χ4n) is 2.96. The van der Waals surface area contributed by atoms with Crippen LogP contribution in [0.5, 0.6) is 0 Å². The summed E-state index contributed by atoms with van der Waals surface area (Å²) < 4.78 is 5.99. The van der Waals surface area contributed by atoms with Gasteiger partial charge in [0.2, 0.25) is 0 Å². The standard InChI is InChI=1S/C15H19NO/c1-3-12-13-7-10-5-4-6-11(10)8-14(13)17-15(12)9-16-2/h7-8,16H,3-6,9H2,1-2H3. The Hall–Kier alpha value is -1.28. The van der Waals surface area contributed by atoms with Gasteiger partial charge in [0, 0.05) is 10.9 Å². The van der Waals surface area contributed by atoms with Crippen LogP contribution in [0.3, 0.4) is 0 Å². The highest BCUT2D eigenvalue weighted by Gasteiger charge is 2.17. The van der Waals surface area contributed by atoms with Crippen LogP contribution in [0, 0.1) is 0 Å². The van der Waals surface area contributed by atoms with Crippen LogP contribution in [0.15, 0.2) is 16.5 Å². The second-order valence-electron chi connectivity index (χ2n) is 4.86. The molecule has 3 rings (SSSR count). The van der Waals surface area contributed by atoms with E-state index in [4.69, 9.17) is 4.42 Å². The minimum atomic E-state index is 0.822. The zero-order valence-electron chi connectivity index (χ0n) is 10.6. The van der Waals surface area contributed by atoms with E-state index in [0.717, 1.165) is 24.3 Å². The molecule has 90 valence electrons. The van der Waals surface area contributed by atoms with Gasteiger partial charge < -0.3 is 9.73 Å². The largest absolute Gasteiger partial charge is 0.459 e. The molecule has 17 heavy (non-hydrogen) atoms. The predicted molar refractivity (Wildman–Crippen MR) is 70.4 cm³/mol. The lowest BCUT2D eigenvalue weighted by Crippen LogP contribution is -2.05. The van der Waals surface area contributed by atoms with E-state index in [0.29, 0.717) is 0 Å². The molecule has 0 saturated heterocycles. The predicted octanol–water partition coefficient (Wildman–Crippen LogP) is 3.20. The van der Waals surface area contributed by atoms with E-state index in [-0.39, 0.29) is 0 Å². The Kier molecular flexibility index (Phi) is 2.67. The summed E-state index contributed by atoms with van der Waals surface area (Å²) in [6, 6.07) is 4.62. The van der Waals surface area contributed by atoms with Crippen LogP contribution in [0.2, 0.25) is 0 Å². The van der Waals surface area contributed by atoms with Gasteiger partial charge >= 0.3 is 0 Å². The zero-order valence-corrected chi connectivity index (χ0v) is 10.6. The van der Waals surface area contributed by atoms with Crippen LogP contribution in [0.1, 0.15) is 35.8 Å². The van der Waals surface area contributed by atoms with Crippen molar-refractivity contribution in [1.29, 1.82) is 0 Å². The topological polar surface area (TPSA) is 25.2 Å². The van der Waals surface area contributed by atoms with Gasteiger partial charge in [-0.3, -0.25) is 0 Å². The number of hydrogen-bond acceptors (Lipinski definition) is 2. The van der Waals surface area contributed by atoms with Crippen molar-refractivity contribution in [2.45, 2.75) is 39.2 Å². The molecule has 2 heteroatoms. The van der Waals surface area contributed by atoms with Crippen molar-refractivity contribution < 1.29 is 4.42 Å². The Labute approximate surface area is 102 Å². The van der Waals surface area contributed by atoms with Crippen LogP contribution in [0.25, 0.3) is 11.0 Å². The first-order valence-corrected chi connectivity index (χ1v) is 6.54. The van der Waals surface area contributed by atoms with E-state index in [1.807, 2.05) is 7.05 Å². The van der Waals surface area contributed by atoms with Gasteiger partial charge in [0.15, 0.2) is 0 Å². The van der Waals surface area contributed by atoms with Crippen molar-refractivity contribution in [3.63, 3.8) is 0 Å². The number of fused-ring (bicyclic) bond motifs is 2. The number of rotatable bonds is 3. The monoisotopic (exact) mass is 229 g/mol. The van der Waals surface area contributed by atoms with E-state index >= 15 is 0 Å². The Balaban J connectivity index is 2.20. The lowest BCUT2D eigenvalue weighted by atomic mass is 10.0. The molecule has 2 nitrogen and oxygen atoms in total. The summed E-state index contributed by atoms with van der Waals surface area (Å²) >= 11 is 0. The smallest absolute Gasteiger partial charge is 0.134 e. The van der Waals surface area contributed by atoms with Gasteiger partial charge in [-0.15, -0.1) is 0 Å². The van der Waals surface area contributed by atoms with E-state index < -0.39 is 0 Å². The van der Waals surface area contributed by atoms with Crippen molar-refractivity contribution in [2.24, 2.45) is 0 Å². The highest BCUT2D eigenvalue weighted by Crippen LogP contribution is 2.32. The van der Waals surface area contributed by atoms with Gasteiger partial charge in [-0.05, 0) is 56.0 Å². The number of aryl methyl sites for hydroxylation is 3. The van der Waals surface area contributed by atoms with Crippen LogP contribution in [0.4, 0.5) is 0 Å². The third kappa shape index (κ3) is 1.67. The maximum absolute atomic E-state index is 5.99. The van der Waals surface area contributed by atoms with Crippen LogP contribution in [-0.2, 0) is 25.8 Å². The minimum absolute atomic E-state index is 0.822.